The van der Waals surface area contributed by atoms with Crippen LogP contribution >= 0.6 is 0 Å². The molecular weight excluding hydrogens is 385 g/mol. The van der Waals surface area contributed by atoms with E-state index in [1.54, 1.807) is 18.8 Å². The minimum Gasteiger partial charge on any atom is -0.494 e. The van der Waals surface area contributed by atoms with Crippen molar-refractivity contribution in [2.75, 3.05) is 39.2 Å². The molecule has 0 bridgehead atoms. The van der Waals surface area contributed by atoms with Gasteiger partial charge in [0.05, 0.1) is 12.8 Å². The number of hydrogen-bond donors (Lipinski definition) is 2. The Hall–Kier alpha value is -2.71. The fraction of sp³-hybridized carbons (Fsp3) is 0.455. The highest BCUT2D eigenvalue weighted by Gasteiger charge is 2.25. The SMILES string of the molecule is CNc1cc(C2CCOCC2)c2cc(OC)c(-n3cc4c(n3)CCNC4)c(F)c2n1. The van der Waals surface area contributed by atoms with Gasteiger partial charge < -0.3 is 20.1 Å². The summed E-state index contributed by atoms with van der Waals surface area (Å²) < 4.78 is 28.7. The predicted molar refractivity (Wildman–Crippen MR) is 113 cm³/mol. The fourth-order valence-corrected chi connectivity index (χ4v) is 4.50. The maximum absolute atomic E-state index is 16.0. The number of rotatable bonds is 4. The van der Waals surface area contributed by atoms with Crippen molar-refractivity contribution >= 4 is 16.7 Å². The van der Waals surface area contributed by atoms with Crippen LogP contribution in [0.3, 0.4) is 0 Å². The molecule has 4 heterocycles. The molecule has 5 rings (SSSR count). The summed E-state index contributed by atoms with van der Waals surface area (Å²) in [5.74, 6) is 1.00. The van der Waals surface area contributed by atoms with Crippen LogP contribution in [0.5, 0.6) is 5.75 Å². The van der Waals surface area contributed by atoms with Crippen molar-refractivity contribution in [1.82, 2.24) is 20.1 Å². The molecule has 158 valence electrons. The smallest absolute Gasteiger partial charge is 0.178 e. The first kappa shape index (κ1) is 19.3. The van der Waals surface area contributed by atoms with E-state index in [9.17, 15) is 0 Å². The van der Waals surface area contributed by atoms with Gasteiger partial charge in [0, 0.05) is 56.9 Å². The summed E-state index contributed by atoms with van der Waals surface area (Å²) in [6.07, 6.45) is 4.53. The Balaban J connectivity index is 1.72. The van der Waals surface area contributed by atoms with Gasteiger partial charge in [-0.2, -0.15) is 5.10 Å². The van der Waals surface area contributed by atoms with Crippen LogP contribution in [0.4, 0.5) is 10.2 Å². The van der Waals surface area contributed by atoms with E-state index < -0.39 is 5.82 Å². The van der Waals surface area contributed by atoms with E-state index in [-0.39, 0.29) is 0 Å². The average Bonchev–Trinajstić information content (AvgIpc) is 3.22. The number of ether oxygens (including phenoxy) is 2. The van der Waals surface area contributed by atoms with Crippen LogP contribution in [0.1, 0.15) is 35.6 Å². The number of benzene rings is 1. The zero-order chi connectivity index (χ0) is 20.7. The van der Waals surface area contributed by atoms with Crippen LogP contribution in [-0.2, 0) is 17.7 Å². The molecule has 0 saturated carbocycles. The molecule has 3 aromatic rings. The summed E-state index contributed by atoms with van der Waals surface area (Å²) >= 11 is 0. The van der Waals surface area contributed by atoms with Crippen molar-refractivity contribution in [2.24, 2.45) is 0 Å². The quantitative estimate of drug-likeness (QED) is 0.687. The second-order valence-electron chi connectivity index (χ2n) is 7.84. The molecule has 8 heteroatoms. The van der Waals surface area contributed by atoms with Gasteiger partial charge in [-0.1, -0.05) is 0 Å². The third-order valence-corrected chi connectivity index (χ3v) is 6.11. The topological polar surface area (TPSA) is 73.2 Å². The van der Waals surface area contributed by atoms with Gasteiger partial charge in [-0.05, 0) is 36.5 Å². The standard InChI is InChI=1S/C22H26FN5O2/c1-24-19-10-15(13-4-7-30-8-5-13)16-9-18(29-2)22(20(23)21(16)26-19)28-12-14-11-25-6-3-17(14)27-28/h9-10,12-13,25H,3-8,11H2,1-2H3,(H,24,26). The van der Waals surface area contributed by atoms with Gasteiger partial charge in [-0.25, -0.2) is 14.1 Å². The molecule has 0 aliphatic carbocycles. The number of nitrogens with one attached hydrogen (secondary N) is 2. The number of hydrogen-bond acceptors (Lipinski definition) is 6. The Morgan fingerprint density at radius 2 is 2.13 bits per heavy atom. The van der Waals surface area contributed by atoms with Crippen LogP contribution in [0, 0.1) is 5.82 Å². The van der Waals surface area contributed by atoms with Gasteiger partial charge in [0.1, 0.15) is 22.8 Å². The molecule has 7 nitrogen and oxygen atoms in total. The largest absolute Gasteiger partial charge is 0.494 e. The molecule has 0 spiro atoms. The minimum atomic E-state index is -0.414. The highest BCUT2D eigenvalue weighted by atomic mass is 19.1. The summed E-state index contributed by atoms with van der Waals surface area (Å²) in [5.41, 5.74) is 3.81. The highest BCUT2D eigenvalue weighted by molar-refractivity contribution is 5.89. The number of aromatic nitrogens is 3. The van der Waals surface area contributed by atoms with E-state index >= 15 is 4.39 Å². The molecule has 2 aliphatic rings. The van der Waals surface area contributed by atoms with Gasteiger partial charge in [0.15, 0.2) is 5.82 Å². The highest BCUT2D eigenvalue weighted by Crippen LogP contribution is 2.39. The van der Waals surface area contributed by atoms with Crippen LogP contribution < -0.4 is 15.4 Å². The Labute approximate surface area is 174 Å². The van der Waals surface area contributed by atoms with Crippen molar-refractivity contribution in [3.8, 4) is 11.4 Å². The molecule has 1 fully saturated rings. The van der Waals surface area contributed by atoms with Gasteiger partial charge in [0.25, 0.3) is 0 Å². The van der Waals surface area contributed by atoms with Gasteiger partial charge in [0.2, 0.25) is 0 Å². The second-order valence-corrected chi connectivity index (χ2v) is 7.84. The van der Waals surface area contributed by atoms with Crippen molar-refractivity contribution < 1.29 is 13.9 Å². The molecule has 0 unspecified atom stereocenters. The summed E-state index contributed by atoms with van der Waals surface area (Å²) in [6.45, 7) is 3.05. The number of pyridine rings is 1. The summed E-state index contributed by atoms with van der Waals surface area (Å²) in [5, 5.41) is 11.8. The number of methoxy groups -OCH3 is 1. The first-order chi connectivity index (χ1) is 14.7. The molecule has 30 heavy (non-hydrogen) atoms. The van der Waals surface area contributed by atoms with Crippen molar-refractivity contribution in [1.29, 1.82) is 0 Å². The van der Waals surface area contributed by atoms with E-state index in [4.69, 9.17) is 9.47 Å². The number of fused-ring (bicyclic) bond motifs is 2. The Morgan fingerprint density at radius 1 is 1.30 bits per heavy atom. The molecule has 0 radical (unpaired) electrons. The summed E-state index contributed by atoms with van der Waals surface area (Å²) in [4.78, 5) is 4.57. The van der Waals surface area contributed by atoms with E-state index in [1.165, 1.54) is 0 Å². The lowest BCUT2D eigenvalue weighted by atomic mass is 9.89. The molecule has 0 amide bonds. The van der Waals surface area contributed by atoms with E-state index in [0.29, 0.717) is 41.9 Å². The molecule has 1 aromatic carbocycles. The monoisotopic (exact) mass is 411 g/mol. The molecule has 1 saturated heterocycles. The maximum atomic E-state index is 16.0. The van der Waals surface area contributed by atoms with Gasteiger partial charge in [-0.15, -0.1) is 0 Å². The molecule has 2 aliphatic heterocycles. The molecule has 2 aromatic heterocycles. The molecule has 0 atom stereocenters. The third kappa shape index (κ3) is 3.20. The first-order valence-electron chi connectivity index (χ1n) is 10.4. The van der Waals surface area contributed by atoms with Crippen molar-refractivity contribution in [3.63, 3.8) is 0 Å². The minimum absolute atomic E-state index is 0.300. The van der Waals surface area contributed by atoms with E-state index in [2.05, 4.69) is 20.7 Å². The Morgan fingerprint density at radius 3 is 2.87 bits per heavy atom. The normalized spacial score (nSPS) is 17.2. The molecular formula is C22H26FN5O2. The van der Waals surface area contributed by atoms with Crippen molar-refractivity contribution in [2.45, 2.75) is 31.7 Å². The van der Waals surface area contributed by atoms with E-state index in [0.717, 1.165) is 54.6 Å². The number of anilines is 1. The number of nitrogens with zero attached hydrogens (tertiary/aromatic N) is 3. The lowest BCUT2D eigenvalue weighted by molar-refractivity contribution is 0.0856. The third-order valence-electron chi connectivity index (χ3n) is 6.11. The maximum Gasteiger partial charge on any atom is 0.178 e. The summed E-state index contributed by atoms with van der Waals surface area (Å²) in [6, 6.07) is 3.93. The van der Waals surface area contributed by atoms with E-state index in [1.807, 2.05) is 18.3 Å². The number of halogens is 1. The van der Waals surface area contributed by atoms with Crippen molar-refractivity contribution in [3.05, 3.63) is 41.0 Å². The predicted octanol–water partition coefficient (Wildman–Crippen LogP) is 3.15. The average molecular weight is 411 g/mol. The zero-order valence-electron chi connectivity index (χ0n) is 17.3. The fourth-order valence-electron chi connectivity index (χ4n) is 4.50. The lowest BCUT2D eigenvalue weighted by Gasteiger charge is -2.25. The second kappa shape index (κ2) is 7.85. The first-order valence-corrected chi connectivity index (χ1v) is 10.4. The van der Waals surface area contributed by atoms with Crippen LogP contribution in [0.2, 0.25) is 0 Å². The van der Waals surface area contributed by atoms with Gasteiger partial charge in [-0.3, -0.25) is 0 Å². The van der Waals surface area contributed by atoms with Gasteiger partial charge >= 0.3 is 0 Å². The lowest BCUT2D eigenvalue weighted by Crippen LogP contribution is -2.22. The van der Waals surface area contributed by atoms with Crippen LogP contribution in [-0.4, -0.2) is 48.7 Å². The van der Waals surface area contributed by atoms with Crippen LogP contribution in [0.25, 0.3) is 16.6 Å². The Bertz CT molecular complexity index is 1070. The van der Waals surface area contributed by atoms with Crippen LogP contribution in [0.15, 0.2) is 18.3 Å². The molecule has 2 N–H and O–H groups in total. The Kier molecular flexibility index (Phi) is 5.04. The summed E-state index contributed by atoms with van der Waals surface area (Å²) in [7, 11) is 3.37. The zero-order valence-corrected chi connectivity index (χ0v) is 17.3.